The molecule has 0 N–H and O–H groups in total. The normalized spacial score (nSPS) is 19.8. The molecule has 0 bridgehead atoms. The Morgan fingerprint density at radius 3 is 2.04 bits per heavy atom. The van der Waals surface area contributed by atoms with Gasteiger partial charge < -0.3 is 4.74 Å². The summed E-state index contributed by atoms with van der Waals surface area (Å²) in [6.45, 7) is 0.739. The number of nitrogens with zero attached hydrogens (tertiary/aromatic N) is 1. The lowest BCUT2D eigenvalue weighted by atomic mass is 10.0. The van der Waals surface area contributed by atoms with Crippen LogP contribution in [-0.4, -0.2) is 17.7 Å². The van der Waals surface area contributed by atoms with E-state index >= 15 is 0 Å². The van der Waals surface area contributed by atoms with Crippen LogP contribution in [0, 0.1) is 0 Å². The number of thioether (sulfide) groups is 1. The average molecular weight is 345 g/mol. The van der Waals surface area contributed by atoms with Crippen molar-refractivity contribution in [3.63, 3.8) is 0 Å². The first-order valence-corrected chi connectivity index (χ1v) is 9.31. The maximum absolute atomic E-state index is 6.37. The standard InChI is InChI=1S/C22H19NOS/c1-4-10-17(11-5-1)21-20(25-19-14-8-3-9-15-19)16-23-22(24-21)18-12-6-2-7-13-18/h1-15,20-21H,16H2. The van der Waals surface area contributed by atoms with Crippen LogP contribution < -0.4 is 0 Å². The van der Waals surface area contributed by atoms with Crippen LogP contribution in [0.3, 0.4) is 0 Å². The minimum atomic E-state index is -0.0147. The molecule has 0 fully saturated rings. The highest BCUT2D eigenvalue weighted by Gasteiger charge is 2.31. The van der Waals surface area contributed by atoms with Crippen molar-refractivity contribution in [2.45, 2.75) is 16.2 Å². The number of ether oxygens (including phenoxy) is 1. The van der Waals surface area contributed by atoms with E-state index in [1.165, 1.54) is 10.5 Å². The molecule has 2 nitrogen and oxygen atoms in total. The van der Waals surface area contributed by atoms with Crippen LogP contribution in [0.1, 0.15) is 17.2 Å². The SMILES string of the molecule is c1ccc(SC2CN=C(c3ccccc3)OC2c2ccccc2)cc1. The van der Waals surface area contributed by atoms with Crippen molar-refractivity contribution < 1.29 is 4.74 Å². The molecule has 1 aliphatic rings. The minimum Gasteiger partial charge on any atom is -0.468 e. The molecule has 25 heavy (non-hydrogen) atoms. The molecule has 1 heterocycles. The van der Waals surface area contributed by atoms with Gasteiger partial charge in [-0.1, -0.05) is 66.7 Å². The predicted molar refractivity (Wildman–Crippen MR) is 104 cm³/mol. The van der Waals surface area contributed by atoms with E-state index in [0.717, 1.165) is 18.0 Å². The van der Waals surface area contributed by atoms with Crippen LogP contribution >= 0.6 is 11.8 Å². The lowest BCUT2D eigenvalue weighted by Gasteiger charge is -2.31. The molecule has 0 aromatic heterocycles. The first kappa shape index (κ1) is 16.0. The van der Waals surface area contributed by atoms with Gasteiger partial charge >= 0.3 is 0 Å². The van der Waals surface area contributed by atoms with Crippen molar-refractivity contribution in [1.29, 1.82) is 0 Å². The molecule has 0 radical (unpaired) electrons. The minimum absolute atomic E-state index is 0.0147. The van der Waals surface area contributed by atoms with Crippen molar-refractivity contribution in [1.82, 2.24) is 0 Å². The van der Waals surface area contributed by atoms with E-state index in [2.05, 4.69) is 48.5 Å². The highest BCUT2D eigenvalue weighted by Crippen LogP contribution is 2.37. The molecule has 2 atom stereocenters. The third-order valence-corrected chi connectivity index (χ3v) is 5.41. The van der Waals surface area contributed by atoms with E-state index in [1.54, 1.807) is 0 Å². The van der Waals surface area contributed by atoms with Gasteiger partial charge in [0.25, 0.3) is 0 Å². The summed E-state index contributed by atoms with van der Waals surface area (Å²) >= 11 is 1.83. The van der Waals surface area contributed by atoms with Crippen molar-refractivity contribution in [2.24, 2.45) is 4.99 Å². The second-order valence-corrected chi connectivity index (χ2v) is 7.24. The number of rotatable bonds is 4. The van der Waals surface area contributed by atoms with Gasteiger partial charge in [-0.3, -0.25) is 0 Å². The first-order chi connectivity index (χ1) is 12.4. The van der Waals surface area contributed by atoms with Crippen LogP contribution in [-0.2, 0) is 4.74 Å². The van der Waals surface area contributed by atoms with Crippen LogP contribution in [0.4, 0.5) is 0 Å². The Morgan fingerprint density at radius 2 is 1.36 bits per heavy atom. The third-order valence-electron chi connectivity index (χ3n) is 4.17. The van der Waals surface area contributed by atoms with Gasteiger partial charge in [0.2, 0.25) is 5.90 Å². The van der Waals surface area contributed by atoms with Gasteiger partial charge in [0.1, 0.15) is 6.10 Å². The molecule has 4 rings (SSSR count). The van der Waals surface area contributed by atoms with Gasteiger partial charge in [-0.25, -0.2) is 4.99 Å². The molecule has 3 aromatic rings. The number of hydrogen-bond donors (Lipinski definition) is 0. The molecule has 1 aliphatic heterocycles. The Bertz CT molecular complexity index is 834. The summed E-state index contributed by atoms with van der Waals surface area (Å²) in [6, 6.07) is 31.1. The van der Waals surface area contributed by atoms with Gasteiger partial charge in [-0.2, -0.15) is 0 Å². The zero-order valence-electron chi connectivity index (χ0n) is 13.8. The summed E-state index contributed by atoms with van der Waals surface area (Å²) in [4.78, 5) is 5.97. The summed E-state index contributed by atoms with van der Waals surface area (Å²) in [7, 11) is 0. The zero-order valence-corrected chi connectivity index (χ0v) is 14.6. The maximum Gasteiger partial charge on any atom is 0.216 e. The predicted octanol–water partition coefficient (Wildman–Crippen LogP) is 5.37. The summed E-state index contributed by atoms with van der Waals surface area (Å²) in [6.07, 6.45) is -0.0147. The lowest BCUT2D eigenvalue weighted by molar-refractivity contribution is 0.176. The van der Waals surface area contributed by atoms with Crippen LogP contribution in [0.15, 0.2) is 101 Å². The van der Waals surface area contributed by atoms with Gasteiger partial charge in [0.15, 0.2) is 0 Å². The largest absolute Gasteiger partial charge is 0.468 e. The molecular weight excluding hydrogens is 326 g/mol. The van der Waals surface area contributed by atoms with E-state index < -0.39 is 0 Å². The quantitative estimate of drug-likeness (QED) is 0.634. The lowest BCUT2D eigenvalue weighted by Crippen LogP contribution is -2.30. The van der Waals surface area contributed by atoms with Gasteiger partial charge in [0.05, 0.1) is 11.8 Å². The smallest absolute Gasteiger partial charge is 0.216 e. The molecular formula is C22H19NOS. The molecule has 0 spiro atoms. The van der Waals surface area contributed by atoms with E-state index in [1.807, 2.05) is 54.2 Å². The zero-order chi connectivity index (χ0) is 16.9. The summed E-state index contributed by atoms with van der Waals surface area (Å²) in [5.41, 5.74) is 2.23. The van der Waals surface area contributed by atoms with Crippen molar-refractivity contribution in [3.8, 4) is 0 Å². The number of benzene rings is 3. The van der Waals surface area contributed by atoms with Crippen molar-refractivity contribution in [2.75, 3.05) is 6.54 Å². The van der Waals surface area contributed by atoms with E-state index in [0.29, 0.717) is 0 Å². The second kappa shape index (κ2) is 7.58. The summed E-state index contributed by atoms with van der Waals surface area (Å²) in [5.74, 6) is 0.736. The molecule has 3 heteroatoms. The van der Waals surface area contributed by atoms with Crippen LogP contribution in [0.5, 0.6) is 0 Å². The van der Waals surface area contributed by atoms with Crippen molar-refractivity contribution in [3.05, 3.63) is 102 Å². The Hall–Kier alpha value is -2.52. The molecule has 3 aromatic carbocycles. The van der Waals surface area contributed by atoms with E-state index in [4.69, 9.17) is 9.73 Å². The van der Waals surface area contributed by atoms with Crippen LogP contribution in [0.2, 0.25) is 0 Å². The molecule has 0 aliphatic carbocycles. The first-order valence-electron chi connectivity index (χ1n) is 8.43. The average Bonchev–Trinajstić information content (AvgIpc) is 2.70. The topological polar surface area (TPSA) is 21.6 Å². The fraction of sp³-hybridized carbons (Fsp3) is 0.136. The molecule has 0 saturated heterocycles. The number of hydrogen-bond acceptors (Lipinski definition) is 3. The fourth-order valence-electron chi connectivity index (χ4n) is 2.94. The van der Waals surface area contributed by atoms with Crippen LogP contribution in [0.25, 0.3) is 0 Å². The second-order valence-electron chi connectivity index (χ2n) is 5.93. The molecule has 0 amide bonds. The van der Waals surface area contributed by atoms with Gasteiger partial charge in [-0.15, -0.1) is 11.8 Å². The Kier molecular flexibility index (Phi) is 4.84. The molecule has 0 saturated carbocycles. The maximum atomic E-state index is 6.37. The van der Waals surface area contributed by atoms with E-state index in [9.17, 15) is 0 Å². The molecule has 2 unspecified atom stereocenters. The summed E-state index contributed by atoms with van der Waals surface area (Å²) < 4.78 is 6.37. The van der Waals surface area contributed by atoms with E-state index in [-0.39, 0.29) is 11.4 Å². The fourth-order valence-corrected chi connectivity index (χ4v) is 4.09. The highest BCUT2D eigenvalue weighted by atomic mass is 32.2. The van der Waals surface area contributed by atoms with Crippen molar-refractivity contribution >= 4 is 17.7 Å². The Morgan fingerprint density at radius 1 is 0.760 bits per heavy atom. The molecule has 124 valence electrons. The Labute approximate surface area is 152 Å². The number of aliphatic imine (C=N–C) groups is 1. The highest BCUT2D eigenvalue weighted by molar-refractivity contribution is 8.00. The Balaban J connectivity index is 1.64. The van der Waals surface area contributed by atoms with Gasteiger partial charge in [0, 0.05) is 10.5 Å². The third kappa shape index (κ3) is 3.77. The summed E-state index contributed by atoms with van der Waals surface area (Å²) in [5, 5.41) is 0.247. The monoisotopic (exact) mass is 345 g/mol. The van der Waals surface area contributed by atoms with Gasteiger partial charge in [-0.05, 0) is 29.8 Å².